The standard InChI is InChI=1S/C14H17BrN2O/c1-10(2)17-6-5-12(9-17)18-14-4-3-11(8-16)7-13(14)15/h3-4,7,10,12H,5-6,9H2,1-2H3. The average molecular weight is 309 g/mol. The van der Waals surface area contributed by atoms with Gasteiger partial charge < -0.3 is 4.74 Å². The van der Waals surface area contributed by atoms with E-state index in [1.165, 1.54) is 0 Å². The van der Waals surface area contributed by atoms with Gasteiger partial charge in [0, 0.05) is 19.1 Å². The van der Waals surface area contributed by atoms with Gasteiger partial charge in [0.05, 0.1) is 16.1 Å². The molecule has 0 bridgehead atoms. The van der Waals surface area contributed by atoms with Crippen molar-refractivity contribution < 1.29 is 4.74 Å². The van der Waals surface area contributed by atoms with Crippen LogP contribution in [0.15, 0.2) is 22.7 Å². The first kappa shape index (κ1) is 13.4. The van der Waals surface area contributed by atoms with E-state index in [9.17, 15) is 0 Å². The Morgan fingerprint density at radius 2 is 2.28 bits per heavy atom. The molecule has 0 aromatic heterocycles. The maximum atomic E-state index is 8.81. The number of ether oxygens (including phenoxy) is 1. The van der Waals surface area contributed by atoms with Crippen LogP contribution < -0.4 is 4.74 Å². The molecule has 1 unspecified atom stereocenters. The monoisotopic (exact) mass is 308 g/mol. The zero-order valence-corrected chi connectivity index (χ0v) is 12.3. The second kappa shape index (κ2) is 5.73. The summed E-state index contributed by atoms with van der Waals surface area (Å²) >= 11 is 3.45. The van der Waals surface area contributed by atoms with Crippen molar-refractivity contribution in [3.63, 3.8) is 0 Å². The second-order valence-electron chi connectivity index (χ2n) is 4.87. The molecule has 0 saturated carbocycles. The lowest BCUT2D eigenvalue weighted by molar-refractivity contribution is 0.186. The number of halogens is 1. The number of rotatable bonds is 3. The molecular formula is C14H17BrN2O. The maximum absolute atomic E-state index is 8.81. The summed E-state index contributed by atoms with van der Waals surface area (Å²) in [6.45, 7) is 6.49. The van der Waals surface area contributed by atoms with E-state index in [1.807, 2.05) is 6.07 Å². The van der Waals surface area contributed by atoms with E-state index in [4.69, 9.17) is 10.00 Å². The van der Waals surface area contributed by atoms with E-state index in [-0.39, 0.29) is 6.10 Å². The summed E-state index contributed by atoms with van der Waals surface area (Å²) in [4.78, 5) is 2.42. The minimum Gasteiger partial charge on any atom is -0.488 e. The van der Waals surface area contributed by atoms with Crippen molar-refractivity contribution in [3.8, 4) is 11.8 Å². The summed E-state index contributed by atoms with van der Waals surface area (Å²) < 4.78 is 6.84. The Kier molecular flexibility index (Phi) is 4.26. The Morgan fingerprint density at radius 3 is 2.83 bits per heavy atom. The predicted molar refractivity (Wildman–Crippen MR) is 74.6 cm³/mol. The molecular weight excluding hydrogens is 292 g/mol. The van der Waals surface area contributed by atoms with Gasteiger partial charge in [-0.25, -0.2) is 0 Å². The largest absolute Gasteiger partial charge is 0.488 e. The van der Waals surface area contributed by atoms with Crippen LogP contribution in [0, 0.1) is 11.3 Å². The molecule has 0 aliphatic carbocycles. The Hall–Kier alpha value is -1.05. The van der Waals surface area contributed by atoms with E-state index >= 15 is 0 Å². The highest BCUT2D eigenvalue weighted by molar-refractivity contribution is 9.10. The van der Waals surface area contributed by atoms with Crippen molar-refractivity contribution in [2.45, 2.75) is 32.4 Å². The van der Waals surface area contributed by atoms with Gasteiger partial charge in [0.15, 0.2) is 0 Å². The van der Waals surface area contributed by atoms with E-state index in [0.717, 1.165) is 29.7 Å². The van der Waals surface area contributed by atoms with Crippen LogP contribution in [0.2, 0.25) is 0 Å². The first-order chi connectivity index (χ1) is 8.60. The molecule has 1 aromatic carbocycles. The van der Waals surface area contributed by atoms with Gasteiger partial charge in [-0.05, 0) is 54.4 Å². The van der Waals surface area contributed by atoms with Gasteiger partial charge in [-0.15, -0.1) is 0 Å². The zero-order chi connectivity index (χ0) is 13.1. The lowest BCUT2D eigenvalue weighted by Crippen LogP contribution is -2.30. The van der Waals surface area contributed by atoms with Crippen LogP contribution >= 0.6 is 15.9 Å². The molecule has 3 nitrogen and oxygen atoms in total. The van der Waals surface area contributed by atoms with Crippen LogP contribution in [-0.4, -0.2) is 30.1 Å². The van der Waals surface area contributed by atoms with Crippen molar-refractivity contribution in [1.29, 1.82) is 5.26 Å². The Bertz CT molecular complexity index is 467. The van der Waals surface area contributed by atoms with Gasteiger partial charge in [0.25, 0.3) is 0 Å². The van der Waals surface area contributed by atoms with E-state index in [0.29, 0.717) is 11.6 Å². The van der Waals surface area contributed by atoms with E-state index in [1.54, 1.807) is 12.1 Å². The van der Waals surface area contributed by atoms with Gasteiger partial charge >= 0.3 is 0 Å². The molecule has 1 aliphatic heterocycles. The first-order valence-corrected chi connectivity index (χ1v) is 7.00. The smallest absolute Gasteiger partial charge is 0.134 e. The highest BCUT2D eigenvalue weighted by atomic mass is 79.9. The summed E-state index contributed by atoms with van der Waals surface area (Å²) in [5.41, 5.74) is 0.643. The molecule has 0 N–H and O–H groups in total. The van der Waals surface area contributed by atoms with Crippen LogP contribution in [-0.2, 0) is 0 Å². The molecule has 2 rings (SSSR count). The van der Waals surface area contributed by atoms with Crippen LogP contribution in [0.25, 0.3) is 0 Å². The van der Waals surface area contributed by atoms with E-state index in [2.05, 4.69) is 40.7 Å². The lowest BCUT2D eigenvalue weighted by Gasteiger charge is -2.20. The third-order valence-electron chi connectivity index (χ3n) is 3.26. The predicted octanol–water partition coefficient (Wildman–Crippen LogP) is 3.18. The topological polar surface area (TPSA) is 36.3 Å². The molecule has 0 radical (unpaired) electrons. The fourth-order valence-electron chi connectivity index (χ4n) is 2.16. The fourth-order valence-corrected chi connectivity index (χ4v) is 2.64. The van der Waals surface area contributed by atoms with Crippen molar-refractivity contribution in [3.05, 3.63) is 28.2 Å². The number of hydrogen-bond acceptors (Lipinski definition) is 3. The van der Waals surface area contributed by atoms with Crippen LogP contribution in [0.3, 0.4) is 0 Å². The minimum atomic E-state index is 0.247. The van der Waals surface area contributed by atoms with Crippen molar-refractivity contribution in [2.75, 3.05) is 13.1 Å². The highest BCUT2D eigenvalue weighted by Crippen LogP contribution is 2.28. The minimum absolute atomic E-state index is 0.247. The van der Waals surface area contributed by atoms with Crippen LogP contribution in [0.5, 0.6) is 5.75 Å². The summed E-state index contributed by atoms with van der Waals surface area (Å²) in [6.07, 6.45) is 1.31. The Morgan fingerprint density at radius 1 is 1.50 bits per heavy atom. The number of nitrogens with zero attached hydrogens (tertiary/aromatic N) is 2. The fraction of sp³-hybridized carbons (Fsp3) is 0.500. The summed E-state index contributed by atoms with van der Waals surface area (Å²) in [6, 6.07) is 8.13. The Labute approximate surface area is 116 Å². The molecule has 1 aromatic rings. The summed E-state index contributed by atoms with van der Waals surface area (Å²) in [5.74, 6) is 0.824. The van der Waals surface area contributed by atoms with Gasteiger partial charge in [-0.1, -0.05) is 0 Å². The molecule has 1 heterocycles. The third kappa shape index (κ3) is 3.04. The quantitative estimate of drug-likeness (QED) is 0.860. The van der Waals surface area contributed by atoms with Crippen molar-refractivity contribution in [1.82, 2.24) is 4.90 Å². The molecule has 96 valence electrons. The molecule has 1 fully saturated rings. The molecule has 18 heavy (non-hydrogen) atoms. The summed E-state index contributed by atoms with van der Waals surface area (Å²) in [5, 5.41) is 8.81. The van der Waals surface area contributed by atoms with E-state index < -0.39 is 0 Å². The lowest BCUT2D eigenvalue weighted by atomic mass is 10.2. The van der Waals surface area contributed by atoms with Crippen molar-refractivity contribution in [2.24, 2.45) is 0 Å². The first-order valence-electron chi connectivity index (χ1n) is 6.20. The summed E-state index contributed by atoms with van der Waals surface area (Å²) in [7, 11) is 0. The van der Waals surface area contributed by atoms with Gasteiger partial charge in [0.1, 0.15) is 11.9 Å². The van der Waals surface area contributed by atoms with Crippen molar-refractivity contribution >= 4 is 15.9 Å². The highest BCUT2D eigenvalue weighted by Gasteiger charge is 2.25. The SMILES string of the molecule is CC(C)N1CCC(Oc2ccc(C#N)cc2Br)C1. The number of hydrogen-bond donors (Lipinski definition) is 0. The Balaban J connectivity index is 2.01. The second-order valence-corrected chi connectivity index (χ2v) is 5.73. The molecule has 4 heteroatoms. The third-order valence-corrected chi connectivity index (χ3v) is 3.88. The van der Waals surface area contributed by atoms with Gasteiger partial charge in [0.2, 0.25) is 0 Å². The molecule has 0 spiro atoms. The number of benzene rings is 1. The molecule has 0 amide bonds. The molecule has 1 aliphatic rings. The zero-order valence-electron chi connectivity index (χ0n) is 10.7. The number of nitriles is 1. The molecule has 1 saturated heterocycles. The van der Waals surface area contributed by atoms with Gasteiger partial charge in [-0.2, -0.15) is 5.26 Å². The number of likely N-dealkylation sites (tertiary alicyclic amines) is 1. The van der Waals surface area contributed by atoms with Gasteiger partial charge in [-0.3, -0.25) is 4.90 Å². The van der Waals surface area contributed by atoms with Crippen LogP contribution in [0.1, 0.15) is 25.8 Å². The van der Waals surface area contributed by atoms with Crippen LogP contribution in [0.4, 0.5) is 0 Å². The average Bonchev–Trinajstić information content (AvgIpc) is 2.80. The maximum Gasteiger partial charge on any atom is 0.134 e. The normalized spacial score (nSPS) is 20.1. The molecule has 1 atom stereocenters.